The Morgan fingerprint density at radius 2 is 1.97 bits per heavy atom. The van der Waals surface area contributed by atoms with E-state index < -0.39 is 0 Å². The molecule has 8 heteroatoms. The Labute approximate surface area is 167 Å². The summed E-state index contributed by atoms with van der Waals surface area (Å²) in [6, 6.07) is 15.4. The van der Waals surface area contributed by atoms with Crippen molar-refractivity contribution in [1.82, 2.24) is 29.9 Å². The molecule has 5 rings (SSSR count). The van der Waals surface area contributed by atoms with E-state index in [4.69, 9.17) is 4.98 Å². The third-order valence-corrected chi connectivity index (χ3v) is 4.99. The molecule has 1 atom stereocenters. The van der Waals surface area contributed by atoms with Crippen LogP contribution in [0.25, 0.3) is 16.9 Å². The van der Waals surface area contributed by atoms with Crippen LogP contribution in [0, 0.1) is 0 Å². The van der Waals surface area contributed by atoms with Crippen LogP contribution in [0.2, 0.25) is 0 Å². The van der Waals surface area contributed by atoms with E-state index >= 15 is 0 Å². The first kappa shape index (κ1) is 17.3. The molecule has 29 heavy (non-hydrogen) atoms. The second kappa shape index (κ2) is 7.31. The quantitative estimate of drug-likeness (QED) is 0.579. The maximum atomic E-state index is 12.6. The number of rotatable bonds is 4. The molecule has 1 aliphatic rings. The molecule has 4 heterocycles. The van der Waals surface area contributed by atoms with Gasteiger partial charge in [-0.15, -0.1) is 0 Å². The van der Waals surface area contributed by atoms with Crippen molar-refractivity contribution in [1.29, 1.82) is 0 Å². The van der Waals surface area contributed by atoms with E-state index in [0.29, 0.717) is 23.8 Å². The van der Waals surface area contributed by atoms with Crippen LogP contribution < -0.4 is 10.2 Å². The smallest absolute Gasteiger partial charge is 0.272 e. The zero-order valence-corrected chi connectivity index (χ0v) is 15.6. The molecule has 0 radical (unpaired) electrons. The molecule has 0 aliphatic carbocycles. The highest BCUT2D eigenvalue weighted by Crippen LogP contribution is 2.21. The van der Waals surface area contributed by atoms with E-state index in [2.05, 4.69) is 25.3 Å². The minimum Gasteiger partial charge on any atom is -0.346 e. The van der Waals surface area contributed by atoms with E-state index in [0.717, 1.165) is 24.2 Å². The highest BCUT2D eigenvalue weighted by molar-refractivity contribution is 5.93. The number of carbonyl (C=O) groups excluding carboxylic acids is 1. The lowest BCUT2D eigenvalue weighted by atomic mass is 10.1. The second-order valence-electron chi connectivity index (χ2n) is 6.97. The average Bonchev–Trinajstić information content (AvgIpc) is 3.41. The molecular formula is C21H19N7O. The Kier molecular flexibility index (Phi) is 4.36. The van der Waals surface area contributed by atoms with Crippen LogP contribution in [-0.4, -0.2) is 49.6 Å². The number of hydrogen-bond acceptors (Lipinski definition) is 6. The van der Waals surface area contributed by atoms with E-state index in [1.54, 1.807) is 35.2 Å². The largest absolute Gasteiger partial charge is 0.346 e. The van der Waals surface area contributed by atoms with Crippen LogP contribution >= 0.6 is 0 Å². The summed E-state index contributed by atoms with van der Waals surface area (Å²) >= 11 is 0. The Hall–Kier alpha value is -3.81. The van der Waals surface area contributed by atoms with E-state index in [-0.39, 0.29) is 11.9 Å². The summed E-state index contributed by atoms with van der Waals surface area (Å²) in [5.41, 5.74) is 2.96. The van der Waals surface area contributed by atoms with Gasteiger partial charge >= 0.3 is 0 Å². The van der Waals surface area contributed by atoms with Gasteiger partial charge in [-0.25, -0.2) is 19.5 Å². The first-order valence-corrected chi connectivity index (χ1v) is 9.51. The Morgan fingerprint density at radius 1 is 1.07 bits per heavy atom. The molecule has 1 N–H and O–H groups in total. The number of aromatic nitrogens is 5. The Bertz CT molecular complexity index is 1120. The lowest BCUT2D eigenvalue weighted by Crippen LogP contribution is -2.37. The molecule has 4 aromatic rings. The molecule has 0 spiro atoms. The fourth-order valence-corrected chi connectivity index (χ4v) is 3.53. The summed E-state index contributed by atoms with van der Waals surface area (Å²) in [5, 5.41) is 7.34. The van der Waals surface area contributed by atoms with Crippen molar-refractivity contribution in [2.24, 2.45) is 0 Å². The monoisotopic (exact) mass is 385 g/mol. The minimum atomic E-state index is -0.193. The maximum Gasteiger partial charge on any atom is 0.272 e. The number of benzene rings is 1. The molecular weight excluding hydrogens is 366 g/mol. The zero-order chi connectivity index (χ0) is 19.6. The van der Waals surface area contributed by atoms with Crippen molar-refractivity contribution >= 4 is 17.5 Å². The van der Waals surface area contributed by atoms with Gasteiger partial charge in [0, 0.05) is 49.4 Å². The number of anilines is 1. The Balaban J connectivity index is 1.27. The van der Waals surface area contributed by atoms with Crippen LogP contribution in [0.4, 0.5) is 5.95 Å². The van der Waals surface area contributed by atoms with Gasteiger partial charge in [-0.05, 0) is 18.6 Å². The fraction of sp³-hybridized carbons (Fsp3) is 0.190. The zero-order valence-electron chi connectivity index (χ0n) is 15.6. The standard InChI is InChI=1S/C21H19N7O/c29-20(18-13-19-22-9-4-11-28(19)26-18)24-16-8-12-27(14-16)21-23-10-7-17(25-21)15-5-2-1-3-6-15/h1-7,9-11,13,16H,8,12,14H2,(H,24,29). The van der Waals surface area contributed by atoms with Gasteiger partial charge in [-0.3, -0.25) is 4.79 Å². The van der Waals surface area contributed by atoms with Crippen LogP contribution in [0.15, 0.2) is 67.1 Å². The first-order valence-electron chi connectivity index (χ1n) is 9.51. The summed E-state index contributed by atoms with van der Waals surface area (Å²) in [4.78, 5) is 28.0. The van der Waals surface area contributed by atoms with E-state index in [1.165, 1.54) is 0 Å². The maximum absolute atomic E-state index is 12.6. The van der Waals surface area contributed by atoms with E-state index in [1.807, 2.05) is 36.4 Å². The van der Waals surface area contributed by atoms with Gasteiger partial charge < -0.3 is 10.2 Å². The lowest BCUT2D eigenvalue weighted by molar-refractivity contribution is 0.0935. The van der Waals surface area contributed by atoms with Crippen LogP contribution in [0.1, 0.15) is 16.9 Å². The molecule has 144 valence electrons. The summed E-state index contributed by atoms with van der Waals surface area (Å²) in [6.45, 7) is 1.45. The SMILES string of the molecule is O=C(NC1CCN(c2nccc(-c3ccccc3)n2)C1)c1cc2ncccn2n1. The highest BCUT2D eigenvalue weighted by Gasteiger charge is 2.27. The summed E-state index contributed by atoms with van der Waals surface area (Å²) in [6.07, 6.45) is 6.06. The number of nitrogens with one attached hydrogen (secondary N) is 1. The Morgan fingerprint density at radius 3 is 2.83 bits per heavy atom. The topological polar surface area (TPSA) is 88.3 Å². The normalized spacial score (nSPS) is 16.3. The molecule has 1 aromatic carbocycles. The van der Waals surface area contributed by atoms with Crippen molar-refractivity contribution in [3.8, 4) is 11.3 Å². The van der Waals surface area contributed by atoms with Gasteiger partial charge in [-0.2, -0.15) is 5.10 Å². The third-order valence-electron chi connectivity index (χ3n) is 4.99. The van der Waals surface area contributed by atoms with E-state index in [9.17, 15) is 4.79 Å². The van der Waals surface area contributed by atoms with Gasteiger partial charge in [0.2, 0.25) is 5.95 Å². The number of nitrogens with zero attached hydrogens (tertiary/aromatic N) is 6. The lowest BCUT2D eigenvalue weighted by Gasteiger charge is -2.17. The molecule has 0 saturated carbocycles. The summed E-state index contributed by atoms with van der Waals surface area (Å²) in [7, 11) is 0. The van der Waals surface area contributed by atoms with Crippen molar-refractivity contribution in [2.45, 2.75) is 12.5 Å². The van der Waals surface area contributed by atoms with Gasteiger partial charge in [0.1, 0.15) is 0 Å². The van der Waals surface area contributed by atoms with Crippen LogP contribution in [0.5, 0.6) is 0 Å². The van der Waals surface area contributed by atoms with Crippen LogP contribution in [0.3, 0.4) is 0 Å². The van der Waals surface area contributed by atoms with Gasteiger partial charge in [0.05, 0.1) is 5.69 Å². The van der Waals surface area contributed by atoms with Crippen LogP contribution in [-0.2, 0) is 0 Å². The van der Waals surface area contributed by atoms with Crippen molar-refractivity contribution in [3.63, 3.8) is 0 Å². The predicted octanol–water partition coefficient (Wildman–Crippen LogP) is 2.19. The molecule has 1 aliphatic heterocycles. The van der Waals surface area contributed by atoms with Crippen molar-refractivity contribution < 1.29 is 4.79 Å². The number of fused-ring (bicyclic) bond motifs is 1. The third kappa shape index (κ3) is 3.52. The molecule has 8 nitrogen and oxygen atoms in total. The van der Waals surface area contributed by atoms with Gasteiger partial charge in [-0.1, -0.05) is 30.3 Å². The minimum absolute atomic E-state index is 0.0178. The van der Waals surface area contributed by atoms with Gasteiger partial charge in [0.25, 0.3) is 5.91 Å². The first-order chi connectivity index (χ1) is 14.3. The highest BCUT2D eigenvalue weighted by atomic mass is 16.2. The molecule has 1 amide bonds. The van der Waals surface area contributed by atoms with Gasteiger partial charge in [0.15, 0.2) is 11.3 Å². The number of amides is 1. The molecule has 1 fully saturated rings. The number of hydrogen-bond donors (Lipinski definition) is 1. The van der Waals surface area contributed by atoms with Crippen molar-refractivity contribution in [3.05, 3.63) is 72.8 Å². The molecule has 3 aromatic heterocycles. The molecule has 0 bridgehead atoms. The summed E-state index contributed by atoms with van der Waals surface area (Å²) < 4.78 is 1.60. The predicted molar refractivity (Wildman–Crippen MR) is 109 cm³/mol. The van der Waals surface area contributed by atoms with Crippen molar-refractivity contribution in [2.75, 3.05) is 18.0 Å². The average molecular weight is 385 g/mol. The summed E-state index contributed by atoms with van der Waals surface area (Å²) in [5.74, 6) is 0.487. The fourth-order valence-electron chi connectivity index (χ4n) is 3.53. The second-order valence-corrected chi connectivity index (χ2v) is 6.97. The molecule has 1 unspecified atom stereocenters. The molecule has 1 saturated heterocycles. The number of carbonyl (C=O) groups is 1.